The lowest BCUT2D eigenvalue weighted by atomic mass is 10.1. The quantitative estimate of drug-likeness (QED) is 0.277. The largest absolute Gasteiger partial charge is 0.454 e. The first-order chi connectivity index (χ1) is 17.2. The van der Waals surface area contributed by atoms with E-state index < -0.39 is 0 Å². The Bertz CT molecular complexity index is 1430. The molecule has 180 valence electrons. The number of rotatable bonds is 7. The summed E-state index contributed by atoms with van der Waals surface area (Å²) < 4.78 is 23.9. The Labute approximate surface area is 205 Å². The Balaban J connectivity index is 1.30. The minimum absolute atomic E-state index is 0.0126. The van der Waals surface area contributed by atoms with Gasteiger partial charge in [-0.15, -0.1) is 0 Å². The van der Waals surface area contributed by atoms with Gasteiger partial charge in [0.1, 0.15) is 0 Å². The van der Waals surface area contributed by atoms with Crippen molar-refractivity contribution in [1.82, 2.24) is 19.7 Å². The first kappa shape index (κ1) is 22.1. The molecular formula is C25H24N4O5S. The fourth-order valence-corrected chi connectivity index (χ4v) is 5.15. The van der Waals surface area contributed by atoms with Gasteiger partial charge in [0, 0.05) is 18.2 Å². The average molecular weight is 493 g/mol. The molecule has 0 spiro atoms. The van der Waals surface area contributed by atoms with Crippen LogP contribution in [0.5, 0.6) is 11.5 Å². The summed E-state index contributed by atoms with van der Waals surface area (Å²) in [6.45, 7) is 3.41. The van der Waals surface area contributed by atoms with E-state index >= 15 is 0 Å². The molecule has 0 aliphatic carbocycles. The van der Waals surface area contributed by atoms with Crippen molar-refractivity contribution in [3.63, 3.8) is 0 Å². The van der Waals surface area contributed by atoms with Gasteiger partial charge in [0.25, 0.3) is 5.56 Å². The molecule has 9 nitrogen and oxygen atoms in total. The maximum atomic E-state index is 13.5. The maximum absolute atomic E-state index is 13.5. The Morgan fingerprint density at radius 3 is 2.71 bits per heavy atom. The van der Waals surface area contributed by atoms with Crippen LogP contribution in [0, 0.1) is 0 Å². The molecule has 0 N–H and O–H groups in total. The average Bonchev–Trinajstić information content (AvgIpc) is 3.66. The maximum Gasteiger partial charge on any atom is 0.262 e. The van der Waals surface area contributed by atoms with E-state index in [-0.39, 0.29) is 18.5 Å². The van der Waals surface area contributed by atoms with Crippen molar-refractivity contribution in [3.05, 3.63) is 58.2 Å². The van der Waals surface area contributed by atoms with E-state index in [9.17, 15) is 4.79 Å². The molecule has 0 saturated carbocycles. The van der Waals surface area contributed by atoms with E-state index in [0.717, 1.165) is 24.8 Å². The summed E-state index contributed by atoms with van der Waals surface area (Å²) in [6, 6.07) is 11.6. The van der Waals surface area contributed by atoms with Crippen LogP contribution in [0.2, 0.25) is 0 Å². The number of hydrogen-bond acceptors (Lipinski definition) is 9. The third-order valence-electron chi connectivity index (χ3n) is 6.24. The molecule has 6 rings (SSSR count). The SMILES string of the molecule is CCc1ccc(-c2noc(CSc3nc4cc5c(cc4c(=O)n3CC3CCCO3)OCO5)n2)cc1. The standard InChI is InChI=1S/C25H24N4O5S/c1-2-15-5-7-16(8-6-15)23-27-22(34-28-23)13-35-25-26-19-11-21-20(32-14-33-21)10-18(19)24(30)29(25)12-17-4-3-9-31-17/h5-8,10-11,17H,2-4,9,12-14H2,1H3. The number of aryl methyl sites for hydroxylation is 1. The van der Waals surface area contributed by atoms with Gasteiger partial charge in [0.05, 0.1) is 29.3 Å². The van der Waals surface area contributed by atoms with Gasteiger partial charge < -0.3 is 18.7 Å². The van der Waals surface area contributed by atoms with Crippen LogP contribution in [0.25, 0.3) is 22.3 Å². The van der Waals surface area contributed by atoms with Crippen molar-refractivity contribution in [2.45, 2.75) is 49.7 Å². The van der Waals surface area contributed by atoms with E-state index in [4.69, 9.17) is 23.7 Å². The van der Waals surface area contributed by atoms with Gasteiger partial charge in [-0.1, -0.05) is 48.1 Å². The van der Waals surface area contributed by atoms with Gasteiger partial charge in [-0.2, -0.15) is 4.98 Å². The van der Waals surface area contributed by atoms with E-state index in [1.54, 1.807) is 16.7 Å². The summed E-state index contributed by atoms with van der Waals surface area (Å²) in [7, 11) is 0. The highest BCUT2D eigenvalue weighted by Crippen LogP contribution is 2.35. The molecule has 35 heavy (non-hydrogen) atoms. The molecule has 0 bridgehead atoms. The van der Waals surface area contributed by atoms with E-state index in [2.05, 4.69) is 29.2 Å². The molecule has 4 aromatic rings. The predicted molar refractivity (Wildman–Crippen MR) is 130 cm³/mol. The second-order valence-electron chi connectivity index (χ2n) is 8.52. The van der Waals surface area contributed by atoms with Crippen molar-refractivity contribution < 1.29 is 18.7 Å². The van der Waals surface area contributed by atoms with Crippen LogP contribution in [0.15, 0.2) is 50.9 Å². The lowest BCUT2D eigenvalue weighted by Crippen LogP contribution is -2.28. The van der Waals surface area contributed by atoms with Gasteiger partial charge >= 0.3 is 0 Å². The van der Waals surface area contributed by atoms with Crippen molar-refractivity contribution in [3.8, 4) is 22.9 Å². The third-order valence-corrected chi connectivity index (χ3v) is 7.20. The highest BCUT2D eigenvalue weighted by molar-refractivity contribution is 7.98. The van der Waals surface area contributed by atoms with Crippen LogP contribution >= 0.6 is 11.8 Å². The number of nitrogens with zero attached hydrogens (tertiary/aromatic N) is 4. The van der Waals surface area contributed by atoms with Crippen LogP contribution in [-0.4, -0.2) is 39.2 Å². The summed E-state index contributed by atoms with van der Waals surface area (Å²) in [5.74, 6) is 2.54. The smallest absolute Gasteiger partial charge is 0.262 e. The molecule has 2 aliphatic heterocycles. The molecule has 0 amide bonds. The topological polar surface area (TPSA) is 102 Å². The number of benzene rings is 2. The Morgan fingerprint density at radius 2 is 1.94 bits per heavy atom. The van der Waals surface area contributed by atoms with Crippen LogP contribution in [0.4, 0.5) is 0 Å². The molecule has 0 radical (unpaired) electrons. The zero-order valence-corrected chi connectivity index (χ0v) is 20.0. The van der Waals surface area contributed by atoms with Crippen molar-refractivity contribution in [1.29, 1.82) is 0 Å². The Hall–Kier alpha value is -3.37. The summed E-state index contributed by atoms with van der Waals surface area (Å²) in [5, 5.41) is 5.19. The van der Waals surface area contributed by atoms with E-state index in [1.807, 2.05) is 12.1 Å². The van der Waals surface area contributed by atoms with Crippen molar-refractivity contribution in [2.75, 3.05) is 13.4 Å². The van der Waals surface area contributed by atoms with Gasteiger partial charge in [-0.3, -0.25) is 9.36 Å². The zero-order valence-electron chi connectivity index (χ0n) is 19.2. The fourth-order valence-electron chi connectivity index (χ4n) is 4.30. The minimum atomic E-state index is -0.131. The first-order valence-electron chi connectivity index (χ1n) is 11.7. The molecule has 2 aromatic carbocycles. The second kappa shape index (κ2) is 9.35. The highest BCUT2D eigenvalue weighted by atomic mass is 32.2. The molecule has 1 atom stereocenters. The van der Waals surface area contributed by atoms with Gasteiger partial charge in [-0.05, 0) is 30.9 Å². The number of thioether (sulfide) groups is 1. The fraction of sp³-hybridized carbons (Fsp3) is 0.360. The van der Waals surface area contributed by atoms with Gasteiger partial charge in [-0.25, -0.2) is 4.98 Å². The lowest BCUT2D eigenvalue weighted by Gasteiger charge is -2.16. The third kappa shape index (κ3) is 4.39. The van der Waals surface area contributed by atoms with E-state index in [0.29, 0.717) is 58.2 Å². The van der Waals surface area contributed by atoms with Crippen molar-refractivity contribution in [2.24, 2.45) is 0 Å². The molecule has 1 fully saturated rings. The first-order valence-corrected chi connectivity index (χ1v) is 12.7. The number of aromatic nitrogens is 4. The number of ether oxygens (including phenoxy) is 3. The second-order valence-corrected chi connectivity index (χ2v) is 9.46. The normalized spacial score (nSPS) is 16.9. The predicted octanol–water partition coefficient (Wildman–Crippen LogP) is 4.21. The van der Waals surface area contributed by atoms with Crippen LogP contribution in [0.3, 0.4) is 0 Å². The van der Waals surface area contributed by atoms with Gasteiger partial charge in [0.2, 0.25) is 18.5 Å². The van der Waals surface area contributed by atoms with Gasteiger partial charge in [0.15, 0.2) is 16.7 Å². The molecular weight excluding hydrogens is 468 g/mol. The zero-order chi connectivity index (χ0) is 23.8. The molecule has 1 saturated heterocycles. The van der Waals surface area contributed by atoms with Crippen LogP contribution in [0.1, 0.15) is 31.2 Å². The molecule has 4 heterocycles. The van der Waals surface area contributed by atoms with Crippen LogP contribution in [-0.2, 0) is 23.5 Å². The molecule has 10 heteroatoms. The lowest BCUT2D eigenvalue weighted by molar-refractivity contribution is 0.0937. The monoisotopic (exact) mass is 492 g/mol. The number of hydrogen-bond donors (Lipinski definition) is 0. The summed E-state index contributed by atoms with van der Waals surface area (Å²) in [4.78, 5) is 22.8. The molecule has 1 unspecified atom stereocenters. The molecule has 2 aliphatic rings. The Kier molecular flexibility index (Phi) is 5.91. The summed E-state index contributed by atoms with van der Waals surface area (Å²) >= 11 is 1.39. The van der Waals surface area contributed by atoms with Crippen LogP contribution < -0.4 is 15.0 Å². The summed E-state index contributed by atoms with van der Waals surface area (Å²) in [6.07, 6.45) is 2.87. The summed E-state index contributed by atoms with van der Waals surface area (Å²) in [5.41, 5.74) is 2.58. The minimum Gasteiger partial charge on any atom is -0.454 e. The van der Waals surface area contributed by atoms with E-state index in [1.165, 1.54) is 17.3 Å². The highest BCUT2D eigenvalue weighted by Gasteiger charge is 2.23. The van der Waals surface area contributed by atoms with Crippen molar-refractivity contribution >= 4 is 22.7 Å². The number of fused-ring (bicyclic) bond motifs is 2. The Morgan fingerprint density at radius 1 is 1.11 bits per heavy atom. The molecule has 2 aromatic heterocycles.